The van der Waals surface area contributed by atoms with Crippen LogP contribution in [0.2, 0.25) is 0 Å². The number of carboxylic acid groups (broad SMARTS) is 1. The summed E-state index contributed by atoms with van der Waals surface area (Å²) < 4.78 is 25.0. The summed E-state index contributed by atoms with van der Waals surface area (Å²) in [6.07, 6.45) is 3.28. The third kappa shape index (κ3) is 3.62. The molecule has 2 aromatic rings. The number of nitrogens with zero attached hydrogens (tertiary/aromatic N) is 1. The summed E-state index contributed by atoms with van der Waals surface area (Å²) in [5.41, 5.74) is 5.20. The van der Waals surface area contributed by atoms with E-state index in [0.717, 1.165) is 41.8 Å². The number of hydrogen-bond acceptors (Lipinski definition) is 3. The molecular weight excluding hydrogens is 350 g/mol. The molecule has 26 heavy (non-hydrogen) atoms. The summed E-state index contributed by atoms with van der Waals surface area (Å²) in [4.78, 5) is 11.7. The topological polar surface area (TPSA) is 82.4 Å². The Morgan fingerprint density at radius 1 is 1.35 bits per heavy atom. The summed E-state index contributed by atoms with van der Waals surface area (Å²) in [5, 5.41) is 9.34. The highest BCUT2D eigenvalue weighted by molar-refractivity contribution is 7.79. The molecule has 6 heteroatoms. The van der Waals surface area contributed by atoms with Gasteiger partial charge in [0.25, 0.3) is 0 Å². The largest absolute Gasteiger partial charge is 0.768 e. The van der Waals surface area contributed by atoms with Crippen LogP contribution in [0.15, 0.2) is 29.2 Å². The predicted octanol–water partition coefficient (Wildman–Crippen LogP) is 3.22. The second-order valence-electron chi connectivity index (χ2n) is 7.83. The van der Waals surface area contributed by atoms with E-state index in [-0.39, 0.29) is 12.0 Å². The lowest BCUT2D eigenvalue weighted by Gasteiger charge is -2.31. The molecule has 1 aliphatic rings. The lowest BCUT2D eigenvalue weighted by atomic mass is 9.76. The molecule has 1 N–H and O–H groups in total. The number of benzene rings is 1. The maximum Gasteiger partial charge on any atom is 0.323 e. The van der Waals surface area contributed by atoms with Crippen molar-refractivity contribution in [1.29, 1.82) is 0 Å². The van der Waals surface area contributed by atoms with E-state index in [1.54, 1.807) is 12.1 Å². The van der Waals surface area contributed by atoms with Gasteiger partial charge in [0.1, 0.15) is 6.54 Å². The Bertz CT molecular complexity index is 882. The third-order valence-electron chi connectivity index (χ3n) is 5.39. The van der Waals surface area contributed by atoms with Gasteiger partial charge in [0, 0.05) is 22.7 Å². The molecule has 5 nitrogen and oxygen atoms in total. The number of aliphatic carboxylic acids is 1. The maximum atomic E-state index is 11.5. The van der Waals surface area contributed by atoms with Crippen LogP contribution in [-0.2, 0) is 41.7 Å². The number of fused-ring (bicyclic) bond motifs is 1. The molecule has 0 saturated heterocycles. The average molecular weight is 374 g/mol. The normalized spacial score (nSPS) is 16.9. The first-order valence-corrected chi connectivity index (χ1v) is 9.86. The molecule has 0 amide bonds. The molecule has 3 rings (SSSR count). The summed E-state index contributed by atoms with van der Waals surface area (Å²) in [6, 6.07) is 7.00. The van der Waals surface area contributed by atoms with Crippen LogP contribution in [0.5, 0.6) is 0 Å². The van der Waals surface area contributed by atoms with E-state index in [1.807, 2.05) is 23.6 Å². The predicted molar refractivity (Wildman–Crippen MR) is 99.0 cm³/mol. The van der Waals surface area contributed by atoms with Crippen LogP contribution in [0.3, 0.4) is 0 Å². The lowest BCUT2D eigenvalue weighted by molar-refractivity contribution is -0.137. The van der Waals surface area contributed by atoms with Crippen molar-refractivity contribution in [3.63, 3.8) is 0 Å². The Kier molecular flexibility index (Phi) is 5.08. The molecule has 0 spiro atoms. The highest BCUT2D eigenvalue weighted by atomic mass is 32.2. The molecule has 0 fully saturated rings. The fourth-order valence-corrected chi connectivity index (χ4v) is 4.55. The monoisotopic (exact) mass is 374 g/mol. The minimum absolute atomic E-state index is 0.0562. The van der Waals surface area contributed by atoms with Gasteiger partial charge in [-0.05, 0) is 65.4 Å². The van der Waals surface area contributed by atoms with Crippen LogP contribution in [0.4, 0.5) is 0 Å². The van der Waals surface area contributed by atoms with E-state index >= 15 is 0 Å². The molecule has 0 saturated carbocycles. The van der Waals surface area contributed by atoms with Crippen LogP contribution < -0.4 is 0 Å². The summed E-state index contributed by atoms with van der Waals surface area (Å²) in [5.74, 6) is -0.859. The van der Waals surface area contributed by atoms with Crippen LogP contribution >= 0.6 is 0 Å². The molecule has 0 radical (unpaired) electrons. The highest BCUT2D eigenvalue weighted by Gasteiger charge is 2.32. The van der Waals surface area contributed by atoms with E-state index in [4.69, 9.17) is 0 Å². The van der Waals surface area contributed by atoms with Crippen molar-refractivity contribution in [2.45, 2.75) is 57.9 Å². The van der Waals surface area contributed by atoms with Crippen molar-refractivity contribution in [3.05, 3.63) is 52.3 Å². The SMILES string of the molecule is Cc1c(Cc2ccccc2S(=O)[O-])c2c(n1CC(=O)O)CC(C)(C)CC2. The van der Waals surface area contributed by atoms with Gasteiger partial charge in [0.2, 0.25) is 0 Å². The van der Waals surface area contributed by atoms with E-state index in [2.05, 4.69) is 13.8 Å². The van der Waals surface area contributed by atoms with Gasteiger partial charge in [-0.25, -0.2) is 0 Å². The minimum Gasteiger partial charge on any atom is -0.768 e. The Labute approximate surface area is 156 Å². The van der Waals surface area contributed by atoms with Gasteiger partial charge in [0.05, 0.1) is 0 Å². The molecule has 1 atom stereocenters. The first-order valence-electron chi connectivity index (χ1n) is 8.78. The van der Waals surface area contributed by atoms with Gasteiger partial charge in [0.15, 0.2) is 0 Å². The zero-order valence-corrected chi connectivity index (χ0v) is 16.2. The first kappa shape index (κ1) is 18.9. The number of aromatic nitrogens is 1. The Morgan fingerprint density at radius 2 is 2.04 bits per heavy atom. The smallest absolute Gasteiger partial charge is 0.323 e. The van der Waals surface area contributed by atoms with Gasteiger partial charge in [-0.1, -0.05) is 32.0 Å². The molecule has 0 aliphatic heterocycles. The zero-order valence-electron chi connectivity index (χ0n) is 15.4. The second-order valence-corrected chi connectivity index (χ2v) is 8.74. The second kappa shape index (κ2) is 7.00. The molecule has 1 aromatic carbocycles. The zero-order chi connectivity index (χ0) is 19.1. The van der Waals surface area contributed by atoms with E-state index in [1.165, 1.54) is 5.56 Å². The number of rotatable bonds is 5. The fourth-order valence-electron chi connectivity index (χ4n) is 4.01. The van der Waals surface area contributed by atoms with E-state index in [9.17, 15) is 18.7 Å². The van der Waals surface area contributed by atoms with Crippen molar-refractivity contribution in [2.75, 3.05) is 0 Å². The van der Waals surface area contributed by atoms with Gasteiger partial charge < -0.3 is 14.2 Å². The molecule has 1 aromatic heterocycles. The Balaban J connectivity index is 2.10. The van der Waals surface area contributed by atoms with Gasteiger partial charge in [-0.3, -0.25) is 9.00 Å². The maximum absolute atomic E-state index is 11.5. The number of carboxylic acids is 1. The van der Waals surface area contributed by atoms with E-state index < -0.39 is 17.0 Å². The number of carbonyl (C=O) groups is 1. The Hall–Kier alpha value is -1.92. The lowest BCUT2D eigenvalue weighted by Crippen LogP contribution is -2.25. The van der Waals surface area contributed by atoms with E-state index in [0.29, 0.717) is 11.3 Å². The van der Waals surface area contributed by atoms with Gasteiger partial charge >= 0.3 is 5.97 Å². The van der Waals surface area contributed by atoms with Crippen LogP contribution in [0.1, 0.15) is 48.3 Å². The van der Waals surface area contributed by atoms with Crippen LogP contribution in [0, 0.1) is 12.3 Å². The highest BCUT2D eigenvalue weighted by Crippen LogP contribution is 2.39. The standard InChI is InChI=1S/C20H25NO4S/c1-13-16(10-14-6-4-5-7-18(14)26(24)25)15-8-9-20(2,3)11-17(15)21(13)12-19(22)23/h4-7H,8-12H2,1-3H3,(H,22,23)(H,24,25)/p-1. The van der Waals surface area contributed by atoms with Crippen molar-refractivity contribution in [1.82, 2.24) is 4.57 Å². The molecule has 0 bridgehead atoms. The van der Waals surface area contributed by atoms with Crippen molar-refractivity contribution in [3.8, 4) is 0 Å². The summed E-state index contributed by atoms with van der Waals surface area (Å²) in [6.45, 7) is 6.30. The molecule has 1 aliphatic carbocycles. The van der Waals surface area contributed by atoms with Crippen molar-refractivity contribution in [2.24, 2.45) is 5.41 Å². The molecule has 1 heterocycles. The third-order valence-corrected chi connectivity index (χ3v) is 6.15. The van der Waals surface area contributed by atoms with Crippen LogP contribution in [0.25, 0.3) is 0 Å². The molecule has 1 unspecified atom stereocenters. The quantitative estimate of drug-likeness (QED) is 0.815. The van der Waals surface area contributed by atoms with Gasteiger partial charge in [-0.15, -0.1) is 0 Å². The molecular formula is C20H24NO4S-. The summed E-state index contributed by atoms with van der Waals surface area (Å²) >= 11 is -2.29. The first-order chi connectivity index (χ1) is 12.2. The minimum atomic E-state index is -2.29. The summed E-state index contributed by atoms with van der Waals surface area (Å²) in [7, 11) is 0. The van der Waals surface area contributed by atoms with Gasteiger partial charge in [-0.2, -0.15) is 0 Å². The fraction of sp³-hybridized carbons (Fsp3) is 0.450. The molecule has 140 valence electrons. The van der Waals surface area contributed by atoms with Crippen LogP contribution in [-0.4, -0.2) is 24.4 Å². The van der Waals surface area contributed by atoms with Crippen molar-refractivity contribution >= 4 is 17.0 Å². The Morgan fingerprint density at radius 3 is 2.69 bits per heavy atom. The average Bonchev–Trinajstić information content (AvgIpc) is 2.79. The number of hydrogen-bond donors (Lipinski definition) is 1. The van der Waals surface area contributed by atoms with Crippen molar-refractivity contribution < 1.29 is 18.7 Å².